The molecule has 3 heteroatoms. The highest BCUT2D eigenvalue weighted by molar-refractivity contribution is 5.74. The van der Waals surface area contributed by atoms with E-state index in [0.717, 1.165) is 50.3 Å². The first-order valence-electron chi connectivity index (χ1n) is 6.24. The number of halogens is 1. The fraction of sp³-hybridized carbons (Fsp3) is 0.429. The van der Waals surface area contributed by atoms with E-state index in [-0.39, 0.29) is 5.82 Å². The summed E-state index contributed by atoms with van der Waals surface area (Å²) < 4.78 is 13.6. The second-order valence-corrected chi connectivity index (χ2v) is 4.73. The van der Waals surface area contributed by atoms with Crippen LogP contribution in [-0.2, 0) is 6.42 Å². The van der Waals surface area contributed by atoms with E-state index < -0.39 is 0 Å². The Morgan fingerprint density at radius 2 is 2.06 bits per heavy atom. The van der Waals surface area contributed by atoms with Gasteiger partial charge in [-0.05, 0) is 29.2 Å². The summed E-state index contributed by atoms with van der Waals surface area (Å²) in [6.07, 6.45) is 2.93. The van der Waals surface area contributed by atoms with Crippen molar-refractivity contribution in [1.29, 1.82) is 0 Å². The molecule has 2 aliphatic rings. The molecule has 17 heavy (non-hydrogen) atoms. The number of hydrogen-bond donors (Lipinski definition) is 1. The summed E-state index contributed by atoms with van der Waals surface area (Å²) in [7, 11) is 0. The van der Waals surface area contributed by atoms with Gasteiger partial charge in [0.1, 0.15) is 5.82 Å². The summed E-state index contributed by atoms with van der Waals surface area (Å²) in [5.41, 5.74) is 3.28. The molecule has 1 heterocycles. The first kappa shape index (κ1) is 10.9. The third-order valence-corrected chi connectivity index (χ3v) is 3.62. The average molecular weight is 232 g/mol. The van der Waals surface area contributed by atoms with Gasteiger partial charge in [0.25, 0.3) is 0 Å². The van der Waals surface area contributed by atoms with Gasteiger partial charge < -0.3 is 5.32 Å². The molecule has 1 aromatic rings. The molecule has 0 aromatic heterocycles. The smallest absolute Gasteiger partial charge is 0.127 e. The summed E-state index contributed by atoms with van der Waals surface area (Å²) in [6, 6.07) is 5.41. The zero-order chi connectivity index (χ0) is 11.7. The van der Waals surface area contributed by atoms with Crippen LogP contribution in [0.25, 0.3) is 5.57 Å². The highest BCUT2D eigenvalue weighted by atomic mass is 19.1. The van der Waals surface area contributed by atoms with E-state index in [2.05, 4.69) is 16.3 Å². The van der Waals surface area contributed by atoms with Gasteiger partial charge in [-0.3, -0.25) is 4.90 Å². The summed E-state index contributed by atoms with van der Waals surface area (Å²) in [5, 5.41) is 3.35. The summed E-state index contributed by atoms with van der Waals surface area (Å²) >= 11 is 0. The van der Waals surface area contributed by atoms with Crippen molar-refractivity contribution in [2.24, 2.45) is 0 Å². The number of rotatable bonds is 2. The fourth-order valence-electron chi connectivity index (χ4n) is 2.66. The molecule has 0 unspecified atom stereocenters. The molecule has 1 aliphatic carbocycles. The maximum absolute atomic E-state index is 13.6. The third-order valence-electron chi connectivity index (χ3n) is 3.62. The SMILES string of the molecule is Fc1cccc2c1CC=C2CN1CCNCC1. The molecular weight excluding hydrogens is 215 g/mol. The van der Waals surface area contributed by atoms with Gasteiger partial charge in [0.2, 0.25) is 0 Å². The van der Waals surface area contributed by atoms with E-state index in [1.807, 2.05) is 12.1 Å². The van der Waals surface area contributed by atoms with Crippen LogP contribution in [0, 0.1) is 5.82 Å². The maximum atomic E-state index is 13.6. The van der Waals surface area contributed by atoms with Crippen molar-refractivity contribution >= 4 is 5.57 Å². The van der Waals surface area contributed by atoms with Crippen molar-refractivity contribution < 1.29 is 4.39 Å². The number of fused-ring (bicyclic) bond motifs is 1. The number of hydrogen-bond acceptors (Lipinski definition) is 2. The minimum atomic E-state index is -0.0611. The summed E-state index contributed by atoms with van der Waals surface area (Å²) in [4.78, 5) is 2.43. The van der Waals surface area contributed by atoms with Crippen LogP contribution in [0.4, 0.5) is 4.39 Å². The minimum Gasteiger partial charge on any atom is -0.314 e. The Morgan fingerprint density at radius 1 is 1.24 bits per heavy atom. The Labute approximate surface area is 101 Å². The van der Waals surface area contributed by atoms with Gasteiger partial charge in [0.05, 0.1) is 0 Å². The van der Waals surface area contributed by atoms with Crippen molar-refractivity contribution in [1.82, 2.24) is 10.2 Å². The number of nitrogens with one attached hydrogen (secondary N) is 1. The molecule has 1 fully saturated rings. The van der Waals surface area contributed by atoms with Crippen molar-refractivity contribution in [3.05, 3.63) is 41.2 Å². The van der Waals surface area contributed by atoms with Gasteiger partial charge in [-0.2, -0.15) is 0 Å². The molecule has 1 aromatic carbocycles. The maximum Gasteiger partial charge on any atom is 0.127 e. The third kappa shape index (κ3) is 2.13. The number of nitrogens with zero attached hydrogens (tertiary/aromatic N) is 1. The quantitative estimate of drug-likeness (QED) is 0.834. The van der Waals surface area contributed by atoms with E-state index in [9.17, 15) is 4.39 Å². The van der Waals surface area contributed by atoms with Gasteiger partial charge in [0.15, 0.2) is 0 Å². The predicted octanol–water partition coefficient (Wildman–Crippen LogP) is 1.67. The first-order chi connectivity index (χ1) is 8.34. The van der Waals surface area contributed by atoms with E-state index in [0.29, 0.717) is 0 Å². The molecule has 0 radical (unpaired) electrons. The molecule has 90 valence electrons. The lowest BCUT2D eigenvalue weighted by Crippen LogP contribution is -2.43. The molecule has 1 N–H and O–H groups in total. The average Bonchev–Trinajstić information content (AvgIpc) is 2.76. The lowest BCUT2D eigenvalue weighted by atomic mass is 10.0. The lowest BCUT2D eigenvalue weighted by Gasteiger charge is -2.27. The molecule has 0 saturated carbocycles. The lowest BCUT2D eigenvalue weighted by molar-refractivity contribution is 0.268. The molecule has 0 bridgehead atoms. The fourth-order valence-corrected chi connectivity index (χ4v) is 2.66. The van der Waals surface area contributed by atoms with E-state index in [1.54, 1.807) is 6.07 Å². The van der Waals surface area contributed by atoms with Crippen LogP contribution in [-0.4, -0.2) is 37.6 Å². The summed E-state index contributed by atoms with van der Waals surface area (Å²) in [6.45, 7) is 5.24. The normalized spacial score (nSPS) is 20.2. The van der Waals surface area contributed by atoms with E-state index >= 15 is 0 Å². The van der Waals surface area contributed by atoms with Crippen molar-refractivity contribution in [3.8, 4) is 0 Å². The topological polar surface area (TPSA) is 15.3 Å². The Bertz CT molecular complexity index is 448. The van der Waals surface area contributed by atoms with E-state index in [1.165, 1.54) is 5.57 Å². The molecular formula is C14H17FN2. The van der Waals surface area contributed by atoms with Crippen molar-refractivity contribution in [2.75, 3.05) is 32.7 Å². The minimum absolute atomic E-state index is 0.0611. The molecule has 3 rings (SSSR count). The van der Waals surface area contributed by atoms with Gasteiger partial charge in [-0.15, -0.1) is 0 Å². The van der Waals surface area contributed by atoms with Crippen LogP contribution in [0.5, 0.6) is 0 Å². The Kier molecular flexibility index (Phi) is 2.95. The Hall–Kier alpha value is -1.19. The molecule has 0 amide bonds. The van der Waals surface area contributed by atoms with Crippen LogP contribution in [0.1, 0.15) is 11.1 Å². The van der Waals surface area contributed by atoms with Crippen molar-refractivity contribution in [2.45, 2.75) is 6.42 Å². The predicted molar refractivity (Wildman–Crippen MR) is 67.4 cm³/mol. The zero-order valence-electron chi connectivity index (χ0n) is 9.88. The second kappa shape index (κ2) is 4.59. The van der Waals surface area contributed by atoms with Crippen LogP contribution < -0.4 is 5.32 Å². The van der Waals surface area contributed by atoms with Gasteiger partial charge >= 0.3 is 0 Å². The van der Waals surface area contributed by atoms with Gasteiger partial charge in [-0.25, -0.2) is 4.39 Å². The zero-order valence-corrected chi connectivity index (χ0v) is 9.88. The Balaban J connectivity index is 1.76. The number of benzene rings is 1. The standard InChI is InChI=1S/C14H17FN2/c15-14-3-1-2-12-11(4-5-13(12)14)10-17-8-6-16-7-9-17/h1-4,16H,5-10H2. The van der Waals surface area contributed by atoms with Crippen LogP contribution in [0.15, 0.2) is 24.3 Å². The first-order valence-corrected chi connectivity index (χ1v) is 6.24. The summed E-state index contributed by atoms with van der Waals surface area (Å²) in [5.74, 6) is -0.0611. The molecule has 0 spiro atoms. The van der Waals surface area contributed by atoms with Gasteiger partial charge in [-0.1, -0.05) is 18.2 Å². The Morgan fingerprint density at radius 3 is 2.88 bits per heavy atom. The molecule has 1 saturated heterocycles. The number of piperazine rings is 1. The number of allylic oxidation sites excluding steroid dienone is 1. The van der Waals surface area contributed by atoms with Crippen LogP contribution in [0.3, 0.4) is 0 Å². The largest absolute Gasteiger partial charge is 0.314 e. The molecule has 1 aliphatic heterocycles. The second-order valence-electron chi connectivity index (χ2n) is 4.73. The highest BCUT2D eigenvalue weighted by Crippen LogP contribution is 2.29. The van der Waals surface area contributed by atoms with Crippen LogP contribution >= 0.6 is 0 Å². The molecule has 0 atom stereocenters. The monoisotopic (exact) mass is 232 g/mol. The molecule has 2 nitrogen and oxygen atoms in total. The van der Waals surface area contributed by atoms with Crippen molar-refractivity contribution in [3.63, 3.8) is 0 Å². The van der Waals surface area contributed by atoms with Crippen LogP contribution in [0.2, 0.25) is 0 Å². The highest BCUT2D eigenvalue weighted by Gasteiger charge is 2.19. The van der Waals surface area contributed by atoms with E-state index in [4.69, 9.17) is 0 Å². The van der Waals surface area contributed by atoms with Gasteiger partial charge in [0, 0.05) is 32.7 Å².